The second kappa shape index (κ2) is 6.49. The van der Waals surface area contributed by atoms with Crippen molar-refractivity contribution in [1.29, 1.82) is 0 Å². The molecule has 0 bridgehead atoms. The van der Waals surface area contributed by atoms with Crippen molar-refractivity contribution in [3.05, 3.63) is 46.8 Å². The van der Waals surface area contributed by atoms with Crippen LogP contribution in [0.25, 0.3) is 10.2 Å². The fourth-order valence-corrected chi connectivity index (χ4v) is 4.01. The maximum absolute atomic E-state index is 12.6. The molecular weight excluding hydrogens is 350 g/mol. The van der Waals surface area contributed by atoms with Gasteiger partial charge in [0.05, 0.1) is 10.2 Å². The lowest BCUT2D eigenvalue weighted by Crippen LogP contribution is -2.16. The zero-order valence-electron chi connectivity index (χ0n) is 14.9. The van der Waals surface area contributed by atoms with Gasteiger partial charge in [0.2, 0.25) is 6.79 Å². The molecule has 1 aliphatic heterocycles. The van der Waals surface area contributed by atoms with E-state index in [9.17, 15) is 4.79 Å². The third-order valence-corrected chi connectivity index (χ3v) is 5.36. The van der Waals surface area contributed by atoms with E-state index in [1.807, 2.05) is 54.8 Å². The molecule has 1 aliphatic rings. The molecule has 0 fully saturated rings. The molecular formula is C19H19N3O3S. The first-order valence-electron chi connectivity index (χ1n) is 8.36. The molecule has 0 saturated carbocycles. The Balaban J connectivity index is 1.76. The minimum atomic E-state index is -0.246. The standard InChI is InChI=1S/C19H19N3O3S/c1-4-22-14-9-15-16(25-11-24-15)10-17(14)26-19(22)20-18(23)12-5-7-13(8-6-12)21(2)3/h5-10H,4,11H2,1-3H3. The second-order valence-electron chi connectivity index (χ2n) is 6.16. The third kappa shape index (κ3) is 2.84. The van der Waals surface area contributed by atoms with Crippen LogP contribution in [0, 0.1) is 0 Å². The van der Waals surface area contributed by atoms with Gasteiger partial charge in [-0.15, -0.1) is 0 Å². The molecule has 2 aromatic carbocycles. The minimum Gasteiger partial charge on any atom is -0.454 e. The highest BCUT2D eigenvalue weighted by atomic mass is 32.1. The summed E-state index contributed by atoms with van der Waals surface area (Å²) >= 11 is 1.48. The Bertz CT molecular complexity index is 1050. The van der Waals surface area contributed by atoms with E-state index in [-0.39, 0.29) is 12.7 Å². The first-order valence-corrected chi connectivity index (χ1v) is 9.18. The number of benzene rings is 2. The van der Waals surface area contributed by atoms with Gasteiger partial charge in [0, 0.05) is 44.0 Å². The number of carbonyl (C=O) groups excluding carboxylic acids is 1. The van der Waals surface area contributed by atoms with E-state index < -0.39 is 0 Å². The first-order chi connectivity index (χ1) is 12.6. The van der Waals surface area contributed by atoms with Crippen molar-refractivity contribution < 1.29 is 14.3 Å². The van der Waals surface area contributed by atoms with Crippen LogP contribution in [0.15, 0.2) is 41.4 Å². The molecule has 1 aromatic heterocycles. The molecule has 134 valence electrons. The minimum absolute atomic E-state index is 0.246. The molecule has 3 aromatic rings. The van der Waals surface area contributed by atoms with Crippen LogP contribution < -0.4 is 19.2 Å². The van der Waals surface area contributed by atoms with Gasteiger partial charge in [0.1, 0.15) is 0 Å². The highest BCUT2D eigenvalue weighted by Crippen LogP contribution is 2.36. The fourth-order valence-electron chi connectivity index (χ4n) is 2.90. The number of anilines is 1. The van der Waals surface area contributed by atoms with Crippen molar-refractivity contribution in [2.45, 2.75) is 13.5 Å². The summed E-state index contributed by atoms with van der Waals surface area (Å²) in [5.41, 5.74) is 2.61. The number of nitrogens with zero attached hydrogens (tertiary/aromatic N) is 3. The number of thiazole rings is 1. The number of ether oxygens (including phenoxy) is 2. The molecule has 0 radical (unpaired) electrons. The zero-order chi connectivity index (χ0) is 18.3. The first kappa shape index (κ1) is 16.7. The van der Waals surface area contributed by atoms with Crippen LogP contribution in [0.3, 0.4) is 0 Å². The maximum Gasteiger partial charge on any atom is 0.279 e. The summed E-state index contributed by atoms with van der Waals surface area (Å²) in [6, 6.07) is 11.3. The van der Waals surface area contributed by atoms with E-state index >= 15 is 0 Å². The number of aryl methyl sites for hydroxylation is 1. The average molecular weight is 369 g/mol. The van der Waals surface area contributed by atoms with E-state index in [4.69, 9.17) is 9.47 Å². The van der Waals surface area contributed by atoms with Gasteiger partial charge in [-0.05, 0) is 31.2 Å². The number of aromatic nitrogens is 1. The van der Waals surface area contributed by atoms with Crippen LogP contribution in [0.5, 0.6) is 11.5 Å². The van der Waals surface area contributed by atoms with E-state index in [0.717, 1.165) is 27.4 Å². The number of hydrogen-bond donors (Lipinski definition) is 0. The molecule has 0 saturated heterocycles. The lowest BCUT2D eigenvalue weighted by Gasteiger charge is -2.11. The second-order valence-corrected chi connectivity index (χ2v) is 7.17. The predicted octanol–water partition coefficient (Wildman–Crippen LogP) is 3.26. The topological polar surface area (TPSA) is 56.1 Å². The van der Waals surface area contributed by atoms with Crippen molar-refractivity contribution in [2.75, 3.05) is 25.8 Å². The van der Waals surface area contributed by atoms with Gasteiger partial charge in [-0.1, -0.05) is 11.3 Å². The van der Waals surface area contributed by atoms with E-state index in [2.05, 4.69) is 4.99 Å². The van der Waals surface area contributed by atoms with E-state index in [1.165, 1.54) is 11.3 Å². The number of amides is 1. The van der Waals surface area contributed by atoms with Gasteiger partial charge in [-0.3, -0.25) is 4.79 Å². The summed E-state index contributed by atoms with van der Waals surface area (Å²) in [5, 5.41) is 0. The smallest absolute Gasteiger partial charge is 0.279 e. The van der Waals surface area contributed by atoms with Crippen LogP contribution in [0.4, 0.5) is 5.69 Å². The fraction of sp³-hybridized carbons (Fsp3) is 0.263. The third-order valence-electron chi connectivity index (χ3n) is 4.32. The van der Waals surface area contributed by atoms with Gasteiger partial charge >= 0.3 is 0 Å². The van der Waals surface area contributed by atoms with Gasteiger partial charge < -0.3 is 18.9 Å². The molecule has 0 N–H and O–H groups in total. The quantitative estimate of drug-likeness (QED) is 0.711. The summed E-state index contributed by atoms with van der Waals surface area (Å²) in [7, 11) is 3.93. The van der Waals surface area contributed by atoms with E-state index in [1.54, 1.807) is 12.1 Å². The molecule has 1 amide bonds. The van der Waals surface area contributed by atoms with Crippen LogP contribution in [-0.2, 0) is 6.54 Å². The zero-order valence-corrected chi connectivity index (χ0v) is 15.7. The molecule has 26 heavy (non-hydrogen) atoms. The van der Waals surface area contributed by atoms with Crippen molar-refractivity contribution in [3.63, 3.8) is 0 Å². The number of rotatable bonds is 3. The Morgan fingerprint density at radius 3 is 2.54 bits per heavy atom. The summed E-state index contributed by atoms with van der Waals surface area (Å²) in [5.74, 6) is 1.22. The Hall–Kier alpha value is -2.80. The molecule has 6 nitrogen and oxygen atoms in total. The highest BCUT2D eigenvalue weighted by Gasteiger charge is 2.17. The SMILES string of the molecule is CCn1c(=NC(=O)c2ccc(N(C)C)cc2)sc2cc3c(cc21)OCO3. The van der Waals surface area contributed by atoms with Gasteiger partial charge in [0.15, 0.2) is 16.3 Å². The highest BCUT2D eigenvalue weighted by molar-refractivity contribution is 7.16. The predicted molar refractivity (Wildman–Crippen MR) is 102 cm³/mol. The molecule has 0 aliphatic carbocycles. The summed E-state index contributed by atoms with van der Waals surface area (Å²) in [6.07, 6.45) is 0. The van der Waals surface area contributed by atoms with Gasteiger partial charge in [-0.25, -0.2) is 0 Å². The Kier molecular flexibility index (Phi) is 4.16. The largest absolute Gasteiger partial charge is 0.454 e. The Morgan fingerprint density at radius 1 is 1.19 bits per heavy atom. The van der Waals surface area contributed by atoms with Crippen LogP contribution >= 0.6 is 11.3 Å². The normalized spacial score (nSPS) is 13.4. The molecule has 4 rings (SSSR count). The molecule has 0 unspecified atom stereocenters. The summed E-state index contributed by atoms with van der Waals surface area (Å²) in [6.45, 7) is 2.99. The maximum atomic E-state index is 12.6. The van der Waals surface area contributed by atoms with Crippen LogP contribution in [0.2, 0.25) is 0 Å². The number of fused-ring (bicyclic) bond motifs is 2. The van der Waals surface area contributed by atoms with Crippen molar-refractivity contribution >= 4 is 33.1 Å². The summed E-state index contributed by atoms with van der Waals surface area (Å²) in [4.78, 5) is 19.6. The van der Waals surface area contributed by atoms with Crippen LogP contribution in [-0.4, -0.2) is 31.4 Å². The van der Waals surface area contributed by atoms with Crippen molar-refractivity contribution in [2.24, 2.45) is 4.99 Å². The molecule has 0 spiro atoms. The monoisotopic (exact) mass is 369 g/mol. The van der Waals surface area contributed by atoms with Crippen molar-refractivity contribution in [3.8, 4) is 11.5 Å². The Morgan fingerprint density at radius 2 is 1.88 bits per heavy atom. The lowest BCUT2D eigenvalue weighted by molar-refractivity contribution is 0.0998. The summed E-state index contributed by atoms with van der Waals surface area (Å²) < 4.78 is 13.9. The van der Waals surface area contributed by atoms with Gasteiger partial charge in [-0.2, -0.15) is 4.99 Å². The number of carbonyl (C=O) groups is 1. The van der Waals surface area contributed by atoms with Crippen molar-refractivity contribution in [1.82, 2.24) is 4.57 Å². The van der Waals surface area contributed by atoms with Crippen LogP contribution in [0.1, 0.15) is 17.3 Å². The number of hydrogen-bond acceptors (Lipinski definition) is 5. The molecule has 2 heterocycles. The Labute approximate surface area is 154 Å². The molecule has 7 heteroatoms. The average Bonchev–Trinajstić information content (AvgIpc) is 3.22. The lowest BCUT2D eigenvalue weighted by atomic mass is 10.2. The van der Waals surface area contributed by atoms with Gasteiger partial charge in [0.25, 0.3) is 5.91 Å². The van der Waals surface area contributed by atoms with E-state index in [0.29, 0.717) is 16.9 Å². The molecule has 0 atom stereocenters.